The predicted octanol–water partition coefficient (Wildman–Crippen LogP) is 14.5. The molecule has 10 aromatic rings. The van der Waals surface area contributed by atoms with Crippen LogP contribution in [0.1, 0.15) is 22.3 Å². The standard InChI is InChI=1S/C55H34N2OS/c1-3-13-35(14-4-1)48-34-49(57-54(56-48)37-15-5-2-6-16-37)42-20-12-19-40(32-42)38-17-11-18-39(31-38)41-26-28-51-47(33-41)55(45-23-9-10-24-50(45)58-51)44-22-8-7-21-43(44)52-46(55)27-25-36-29-30-59-53(36)52/h1-34H. The first-order chi connectivity index (χ1) is 29.2. The van der Waals surface area contributed by atoms with Gasteiger partial charge < -0.3 is 4.74 Å². The molecule has 276 valence electrons. The van der Waals surface area contributed by atoms with E-state index in [9.17, 15) is 0 Å². The maximum absolute atomic E-state index is 6.77. The third-order valence-corrected chi connectivity index (χ3v) is 13.0. The van der Waals surface area contributed by atoms with E-state index in [1.807, 2.05) is 35.6 Å². The number of thiophene rings is 1. The quantitative estimate of drug-likeness (QED) is 0.175. The molecule has 4 heteroatoms. The average molecular weight is 771 g/mol. The van der Waals surface area contributed by atoms with Gasteiger partial charge in [-0.15, -0.1) is 11.3 Å². The van der Waals surface area contributed by atoms with Gasteiger partial charge in [-0.3, -0.25) is 0 Å². The minimum absolute atomic E-state index is 0.537. The highest BCUT2D eigenvalue weighted by Gasteiger charge is 2.51. The zero-order chi connectivity index (χ0) is 38.9. The molecule has 3 heterocycles. The Balaban J connectivity index is 0.988. The van der Waals surface area contributed by atoms with Gasteiger partial charge in [-0.25, -0.2) is 9.97 Å². The lowest BCUT2D eigenvalue weighted by Crippen LogP contribution is -2.32. The molecule has 8 aromatic carbocycles. The second-order valence-electron chi connectivity index (χ2n) is 15.3. The number of fused-ring (bicyclic) bond motifs is 11. The van der Waals surface area contributed by atoms with Crippen molar-refractivity contribution in [1.82, 2.24) is 9.97 Å². The van der Waals surface area contributed by atoms with E-state index < -0.39 is 5.41 Å². The van der Waals surface area contributed by atoms with Crippen LogP contribution in [0.4, 0.5) is 0 Å². The molecule has 0 amide bonds. The van der Waals surface area contributed by atoms with E-state index in [-0.39, 0.29) is 0 Å². The van der Waals surface area contributed by atoms with Gasteiger partial charge >= 0.3 is 0 Å². The number of benzene rings is 8. The van der Waals surface area contributed by atoms with Gasteiger partial charge in [0, 0.05) is 38.1 Å². The van der Waals surface area contributed by atoms with E-state index in [4.69, 9.17) is 14.7 Å². The molecule has 59 heavy (non-hydrogen) atoms. The molecular formula is C55H34N2OS. The molecule has 1 atom stereocenters. The molecule has 1 spiro atoms. The zero-order valence-corrected chi connectivity index (χ0v) is 32.7. The van der Waals surface area contributed by atoms with Crippen LogP contribution in [0.5, 0.6) is 11.5 Å². The second kappa shape index (κ2) is 13.3. The van der Waals surface area contributed by atoms with E-state index in [2.05, 4.69) is 181 Å². The van der Waals surface area contributed by atoms with Crippen molar-refractivity contribution in [2.75, 3.05) is 0 Å². The summed E-state index contributed by atoms with van der Waals surface area (Å²) in [6, 6.07) is 71.4. The summed E-state index contributed by atoms with van der Waals surface area (Å²) in [5, 5.41) is 3.49. The van der Waals surface area contributed by atoms with Gasteiger partial charge in [0.05, 0.1) is 16.8 Å². The van der Waals surface area contributed by atoms with Gasteiger partial charge in [0.25, 0.3) is 0 Å². The highest BCUT2D eigenvalue weighted by Crippen LogP contribution is 2.63. The van der Waals surface area contributed by atoms with Gasteiger partial charge in [-0.2, -0.15) is 0 Å². The van der Waals surface area contributed by atoms with Crippen molar-refractivity contribution in [3.05, 3.63) is 228 Å². The Labute approximate surface area is 346 Å². The molecule has 0 saturated carbocycles. The average Bonchev–Trinajstić information content (AvgIpc) is 3.91. The molecule has 0 bridgehead atoms. The SMILES string of the molecule is c1ccc(-c2cc(-c3cccc(-c4cccc(-c5ccc6c(c5)C5(c7ccccc7O6)c6ccccc6-c6c5ccc5ccsc65)c4)c3)nc(-c3ccccc3)n2)cc1. The van der Waals surface area contributed by atoms with Crippen molar-refractivity contribution in [3.63, 3.8) is 0 Å². The lowest BCUT2D eigenvalue weighted by molar-refractivity contribution is 0.436. The monoisotopic (exact) mass is 770 g/mol. The molecule has 3 nitrogen and oxygen atoms in total. The summed E-state index contributed by atoms with van der Waals surface area (Å²) in [5.74, 6) is 2.50. The fraction of sp³-hybridized carbons (Fsp3) is 0.0182. The van der Waals surface area contributed by atoms with Crippen LogP contribution in [0.25, 0.3) is 77.4 Å². The number of hydrogen-bond acceptors (Lipinski definition) is 4. The van der Waals surface area contributed by atoms with Crippen LogP contribution in [0.3, 0.4) is 0 Å². The van der Waals surface area contributed by atoms with Crippen LogP contribution < -0.4 is 4.74 Å². The number of aromatic nitrogens is 2. The maximum Gasteiger partial charge on any atom is 0.160 e. The maximum atomic E-state index is 6.77. The Morgan fingerprint density at radius 3 is 1.76 bits per heavy atom. The van der Waals surface area contributed by atoms with Crippen molar-refractivity contribution in [3.8, 4) is 78.8 Å². The number of nitrogens with zero attached hydrogens (tertiary/aromatic N) is 2. The lowest BCUT2D eigenvalue weighted by atomic mass is 9.65. The first-order valence-corrected chi connectivity index (χ1v) is 20.8. The number of rotatable bonds is 5. The van der Waals surface area contributed by atoms with E-state index in [0.717, 1.165) is 67.4 Å². The number of ether oxygens (including phenoxy) is 1. The highest BCUT2D eigenvalue weighted by molar-refractivity contribution is 7.17. The van der Waals surface area contributed by atoms with Crippen LogP contribution in [-0.4, -0.2) is 9.97 Å². The molecule has 0 fully saturated rings. The molecule has 0 radical (unpaired) electrons. The minimum Gasteiger partial charge on any atom is -0.457 e. The normalized spacial score (nSPS) is 14.6. The van der Waals surface area contributed by atoms with Crippen molar-refractivity contribution in [2.24, 2.45) is 0 Å². The Morgan fingerprint density at radius 1 is 0.390 bits per heavy atom. The van der Waals surface area contributed by atoms with Crippen molar-refractivity contribution >= 4 is 21.4 Å². The topological polar surface area (TPSA) is 35.0 Å². The fourth-order valence-corrected chi connectivity index (χ4v) is 10.4. The van der Waals surface area contributed by atoms with Gasteiger partial charge in [-0.05, 0) is 92.2 Å². The van der Waals surface area contributed by atoms with Gasteiger partial charge in [0.1, 0.15) is 11.5 Å². The third kappa shape index (κ3) is 5.27. The van der Waals surface area contributed by atoms with Crippen LogP contribution in [0.15, 0.2) is 206 Å². The summed E-state index contributed by atoms with van der Waals surface area (Å²) in [7, 11) is 0. The Hall–Kier alpha value is -7.40. The molecular weight excluding hydrogens is 737 g/mol. The molecule has 1 aliphatic carbocycles. The Morgan fingerprint density at radius 2 is 0.983 bits per heavy atom. The number of para-hydroxylation sites is 1. The highest BCUT2D eigenvalue weighted by atomic mass is 32.1. The molecule has 0 saturated heterocycles. The lowest BCUT2D eigenvalue weighted by Gasteiger charge is -2.39. The summed E-state index contributed by atoms with van der Waals surface area (Å²) in [5.41, 5.74) is 16.4. The first kappa shape index (κ1) is 33.7. The largest absolute Gasteiger partial charge is 0.457 e. The van der Waals surface area contributed by atoms with Crippen LogP contribution in [0.2, 0.25) is 0 Å². The van der Waals surface area contributed by atoms with Crippen LogP contribution in [0, 0.1) is 0 Å². The van der Waals surface area contributed by atoms with Gasteiger partial charge in [0.15, 0.2) is 5.82 Å². The molecule has 1 aliphatic heterocycles. The fourth-order valence-electron chi connectivity index (χ4n) is 9.39. The molecule has 2 aliphatic rings. The van der Waals surface area contributed by atoms with Gasteiger partial charge in [-0.1, -0.05) is 158 Å². The van der Waals surface area contributed by atoms with Crippen LogP contribution >= 0.6 is 11.3 Å². The summed E-state index contributed by atoms with van der Waals surface area (Å²) in [6.45, 7) is 0. The predicted molar refractivity (Wildman–Crippen MR) is 242 cm³/mol. The second-order valence-corrected chi connectivity index (χ2v) is 16.2. The first-order valence-electron chi connectivity index (χ1n) is 20.0. The zero-order valence-electron chi connectivity index (χ0n) is 31.8. The Bertz CT molecular complexity index is 3200. The molecule has 12 rings (SSSR count). The van der Waals surface area contributed by atoms with Crippen molar-refractivity contribution in [2.45, 2.75) is 5.41 Å². The van der Waals surface area contributed by atoms with E-state index in [1.54, 1.807) is 0 Å². The molecule has 2 aromatic heterocycles. The van der Waals surface area contributed by atoms with Gasteiger partial charge in [0.2, 0.25) is 0 Å². The number of hydrogen-bond donors (Lipinski definition) is 0. The summed E-state index contributed by atoms with van der Waals surface area (Å²) >= 11 is 1.83. The van der Waals surface area contributed by atoms with Crippen molar-refractivity contribution in [1.29, 1.82) is 0 Å². The third-order valence-electron chi connectivity index (χ3n) is 12.0. The smallest absolute Gasteiger partial charge is 0.160 e. The summed E-state index contributed by atoms with van der Waals surface area (Å²) in [4.78, 5) is 10.1. The molecule has 1 unspecified atom stereocenters. The Kier molecular flexibility index (Phi) is 7.62. The van der Waals surface area contributed by atoms with E-state index in [1.165, 1.54) is 37.9 Å². The summed E-state index contributed by atoms with van der Waals surface area (Å²) in [6.07, 6.45) is 0. The van der Waals surface area contributed by atoms with Crippen LogP contribution in [-0.2, 0) is 5.41 Å². The van der Waals surface area contributed by atoms with Crippen molar-refractivity contribution < 1.29 is 4.74 Å². The molecule has 0 N–H and O–H groups in total. The summed E-state index contributed by atoms with van der Waals surface area (Å²) < 4.78 is 8.10. The van der Waals surface area contributed by atoms with E-state index in [0.29, 0.717) is 5.82 Å². The van der Waals surface area contributed by atoms with E-state index >= 15 is 0 Å². The minimum atomic E-state index is -0.537.